The molecular formula is C19H14ClN3O3. The highest BCUT2D eigenvalue weighted by Crippen LogP contribution is 2.37. The molecule has 26 heavy (non-hydrogen) atoms. The summed E-state index contributed by atoms with van der Waals surface area (Å²) in [5.74, 6) is 0.235. The molecule has 0 spiro atoms. The minimum absolute atomic E-state index is 0.153. The summed E-state index contributed by atoms with van der Waals surface area (Å²) in [6.07, 6.45) is 1.60. The maximum atomic E-state index is 11.2. The third-order valence-electron chi connectivity index (χ3n) is 4.15. The van der Waals surface area contributed by atoms with E-state index in [1.165, 1.54) is 12.1 Å². The molecule has 7 heteroatoms. The fraction of sp³-hybridized carbons (Fsp3) is 0.105. The predicted molar refractivity (Wildman–Crippen MR) is 97.6 cm³/mol. The average Bonchev–Trinajstić information content (AvgIpc) is 3.13. The maximum Gasteiger partial charge on any atom is 0.335 e. The van der Waals surface area contributed by atoms with E-state index >= 15 is 0 Å². The molecule has 130 valence electrons. The number of pyridine rings is 1. The van der Waals surface area contributed by atoms with E-state index in [1.807, 2.05) is 31.2 Å². The molecule has 0 radical (unpaired) electrons. The largest absolute Gasteiger partial charge is 0.478 e. The molecule has 6 nitrogen and oxygen atoms in total. The summed E-state index contributed by atoms with van der Waals surface area (Å²) in [5, 5.41) is 9.57. The fourth-order valence-corrected chi connectivity index (χ4v) is 3.28. The van der Waals surface area contributed by atoms with Crippen LogP contribution in [0, 0.1) is 13.8 Å². The summed E-state index contributed by atoms with van der Waals surface area (Å²) in [6, 6.07) is 10.6. The van der Waals surface area contributed by atoms with E-state index in [-0.39, 0.29) is 5.56 Å². The minimum Gasteiger partial charge on any atom is -0.478 e. The Morgan fingerprint density at radius 2 is 1.88 bits per heavy atom. The summed E-state index contributed by atoms with van der Waals surface area (Å²) in [7, 11) is 0. The van der Waals surface area contributed by atoms with Gasteiger partial charge in [0.25, 0.3) is 0 Å². The molecule has 0 aliphatic rings. The number of halogens is 1. The Hall–Kier alpha value is -3.12. The Morgan fingerprint density at radius 1 is 1.15 bits per heavy atom. The van der Waals surface area contributed by atoms with Gasteiger partial charge >= 0.3 is 5.97 Å². The molecule has 0 amide bonds. The molecule has 0 bridgehead atoms. The number of carboxylic acids is 1. The van der Waals surface area contributed by atoms with E-state index in [1.54, 1.807) is 17.5 Å². The lowest BCUT2D eigenvalue weighted by Gasteiger charge is -2.06. The van der Waals surface area contributed by atoms with Gasteiger partial charge in [-0.05, 0) is 19.1 Å². The van der Waals surface area contributed by atoms with Crippen molar-refractivity contribution in [2.24, 2.45) is 0 Å². The third kappa shape index (κ3) is 2.55. The second-order valence-corrected chi connectivity index (χ2v) is 6.25. The van der Waals surface area contributed by atoms with Crippen LogP contribution >= 0.6 is 11.6 Å². The monoisotopic (exact) mass is 367 g/mol. The van der Waals surface area contributed by atoms with Gasteiger partial charge in [-0.2, -0.15) is 0 Å². The van der Waals surface area contributed by atoms with Crippen molar-refractivity contribution >= 4 is 23.2 Å². The molecule has 0 fully saturated rings. The quantitative estimate of drug-likeness (QED) is 0.571. The fourth-order valence-electron chi connectivity index (χ4n) is 2.99. The maximum absolute atomic E-state index is 11.2. The van der Waals surface area contributed by atoms with E-state index in [4.69, 9.17) is 16.0 Å². The number of aromatic nitrogens is 3. The zero-order valence-electron chi connectivity index (χ0n) is 14.0. The molecule has 3 aromatic heterocycles. The smallest absolute Gasteiger partial charge is 0.335 e. The summed E-state index contributed by atoms with van der Waals surface area (Å²) in [6.45, 7) is 3.68. The van der Waals surface area contributed by atoms with Crippen molar-refractivity contribution in [1.29, 1.82) is 0 Å². The first-order valence-electron chi connectivity index (χ1n) is 7.90. The summed E-state index contributed by atoms with van der Waals surface area (Å²) in [5.41, 5.74) is 3.57. The van der Waals surface area contributed by atoms with E-state index in [2.05, 4.69) is 9.97 Å². The Balaban J connectivity index is 1.95. The van der Waals surface area contributed by atoms with Gasteiger partial charge < -0.3 is 9.52 Å². The number of rotatable bonds is 3. The normalized spacial score (nSPS) is 11.2. The van der Waals surface area contributed by atoms with Crippen LogP contribution in [-0.2, 0) is 0 Å². The standard InChI is InChI=1S/C19H14ClN3O3/c1-10-17(26-11(2)21-10)14-6-4-3-5-13(14)16-18(20)23-8-7-12(19(24)25)9-15(23)22-16/h3-9H,1-2H3,(H,24,25). The molecule has 0 aliphatic heterocycles. The number of carbonyl (C=O) groups is 1. The van der Waals surface area contributed by atoms with E-state index < -0.39 is 5.97 Å². The van der Waals surface area contributed by atoms with Gasteiger partial charge in [-0.15, -0.1) is 0 Å². The summed E-state index contributed by atoms with van der Waals surface area (Å²) in [4.78, 5) is 20.1. The number of aromatic carboxylic acids is 1. The molecule has 0 atom stereocenters. The van der Waals surface area contributed by atoms with Crippen molar-refractivity contribution in [3.05, 3.63) is 64.9 Å². The second kappa shape index (κ2) is 6.00. The van der Waals surface area contributed by atoms with Crippen molar-refractivity contribution in [1.82, 2.24) is 14.4 Å². The number of hydrogen-bond acceptors (Lipinski definition) is 4. The number of carboxylic acid groups (broad SMARTS) is 1. The zero-order valence-corrected chi connectivity index (χ0v) is 14.8. The van der Waals surface area contributed by atoms with Crippen LogP contribution in [-0.4, -0.2) is 25.4 Å². The molecule has 1 N–H and O–H groups in total. The van der Waals surface area contributed by atoms with Gasteiger partial charge in [0.05, 0.1) is 11.3 Å². The zero-order chi connectivity index (χ0) is 18.4. The van der Waals surface area contributed by atoms with E-state index in [0.29, 0.717) is 28.1 Å². The number of hydrogen-bond donors (Lipinski definition) is 1. The van der Waals surface area contributed by atoms with Gasteiger partial charge in [0.2, 0.25) is 0 Å². The highest BCUT2D eigenvalue weighted by molar-refractivity contribution is 6.32. The van der Waals surface area contributed by atoms with Crippen LogP contribution < -0.4 is 0 Å². The highest BCUT2D eigenvalue weighted by Gasteiger charge is 2.20. The topological polar surface area (TPSA) is 80.6 Å². The van der Waals surface area contributed by atoms with Crippen molar-refractivity contribution in [3.8, 4) is 22.6 Å². The van der Waals surface area contributed by atoms with Crippen molar-refractivity contribution in [3.63, 3.8) is 0 Å². The lowest BCUT2D eigenvalue weighted by molar-refractivity contribution is 0.0697. The lowest BCUT2D eigenvalue weighted by Crippen LogP contribution is -1.97. The van der Waals surface area contributed by atoms with Crippen molar-refractivity contribution in [2.75, 3.05) is 0 Å². The first kappa shape index (κ1) is 16.4. The predicted octanol–water partition coefficient (Wildman–Crippen LogP) is 4.62. The molecule has 3 heterocycles. The average molecular weight is 368 g/mol. The van der Waals surface area contributed by atoms with Crippen LogP contribution in [0.1, 0.15) is 21.9 Å². The number of nitrogens with zero attached hydrogens (tertiary/aromatic N) is 3. The van der Waals surface area contributed by atoms with Crippen molar-refractivity contribution < 1.29 is 14.3 Å². The molecule has 1 aromatic carbocycles. The molecular weight excluding hydrogens is 354 g/mol. The minimum atomic E-state index is -1.01. The second-order valence-electron chi connectivity index (χ2n) is 5.89. The van der Waals surface area contributed by atoms with Gasteiger partial charge in [0.15, 0.2) is 11.7 Å². The first-order chi connectivity index (χ1) is 12.5. The van der Waals surface area contributed by atoms with E-state index in [9.17, 15) is 9.90 Å². The molecule has 0 saturated heterocycles. The first-order valence-corrected chi connectivity index (χ1v) is 8.28. The van der Waals surface area contributed by atoms with Crippen LogP contribution in [0.2, 0.25) is 5.15 Å². The number of benzene rings is 1. The molecule has 4 rings (SSSR count). The highest BCUT2D eigenvalue weighted by atomic mass is 35.5. The van der Waals surface area contributed by atoms with Gasteiger partial charge in [0, 0.05) is 24.2 Å². The number of oxazole rings is 1. The number of fused-ring (bicyclic) bond motifs is 1. The lowest BCUT2D eigenvalue weighted by atomic mass is 10.0. The van der Waals surface area contributed by atoms with Crippen LogP contribution in [0.25, 0.3) is 28.2 Å². The Bertz CT molecular complexity index is 1160. The number of aryl methyl sites for hydroxylation is 2. The van der Waals surface area contributed by atoms with Crippen LogP contribution in [0.4, 0.5) is 0 Å². The van der Waals surface area contributed by atoms with Crippen LogP contribution in [0.3, 0.4) is 0 Å². The van der Waals surface area contributed by atoms with Gasteiger partial charge in [-0.1, -0.05) is 35.9 Å². The Morgan fingerprint density at radius 3 is 2.54 bits per heavy atom. The number of imidazole rings is 1. The van der Waals surface area contributed by atoms with Crippen LogP contribution in [0.15, 0.2) is 47.0 Å². The Kier molecular flexibility index (Phi) is 3.77. The third-order valence-corrected chi connectivity index (χ3v) is 4.51. The van der Waals surface area contributed by atoms with Crippen molar-refractivity contribution in [2.45, 2.75) is 13.8 Å². The summed E-state index contributed by atoms with van der Waals surface area (Å²) < 4.78 is 7.41. The van der Waals surface area contributed by atoms with Gasteiger partial charge in [-0.3, -0.25) is 4.40 Å². The van der Waals surface area contributed by atoms with Crippen LogP contribution in [0.5, 0.6) is 0 Å². The van der Waals surface area contributed by atoms with Gasteiger partial charge in [0.1, 0.15) is 16.5 Å². The molecule has 0 aliphatic carbocycles. The Labute approximate surface area is 153 Å². The molecule has 0 saturated carbocycles. The van der Waals surface area contributed by atoms with E-state index in [0.717, 1.165) is 16.8 Å². The summed E-state index contributed by atoms with van der Waals surface area (Å²) >= 11 is 6.53. The van der Waals surface area contributed by atoms with Gasteiger partial charge in [-0.25, -0.2) is 14.8 Å². The molecule has 4 aromatic rings. The molecule has 0 unspecified atom stereocenters. The SMILES string of the molecule is Cc1nc(C)c(-c2ccccc2-c2nc3cc(C(=O)O)ccn3c2Cl)o1.